The summed E-state index contributed by atoms with van der Waals surface area (Å²) in [6, 6.07) is 0. The van der Waals surface area contributed by atoms with Gasteiger partial charge in [-0.2, -0.15) is 0 Å². The summed E-state index contributed by atoms with van der Waals surface area (Å²) in [5.74, 6) is 0. The minimum absolute atomic E-state index is 1.21. The average molecular weight is 341 g/mol. The van der Waals surface area contributed by atoms with Crippen LogP contribution in [-0.4, -0.2) is 25.5 Å². The Hall–Kier alpha value is 1.42. The van der Waals surface area contributed by atoms with Gasteiger partial charge in [-0.3, -0.25) is 0 Å². The highest BCUT2D eigenvalue weighted by molar-refractivity contribution is 15.0. The van der Waals surface area contributed by atoms with Gasteiger partial charge in [0.1, 0.15) is 0 Å². The second-order valence-electron chi connectivity index (χ2n) is 1.80. The molecule has 0 saturated carbocycles. The predicted octanol–water partition coefficient (Wildman–Crippen LogP) is 2.73. The third-order valence-electron chi connectivity index (χ3n) is 0.671. The molecule has 3 heteroatoms. The molecule has 0 aromatic carbocycles. The number of hydrogen-bond acceptors (Lipinski definition) is 1. The van der Waals surface area contributed by atoms with Gasteiger partial charge in [0.25, 0.3) is 0 Å². The van der Waals surface area contributed by atoms with E-state index in [9.17, 15) is 0 Å². The van der Waals surface area contributed by atoms with E-state index in [-0.39, 0.29) is 0 Å². The third kappa shape index (κ3) is 15.7. The quantitative estimate of drug-likeness (QED) is 0.699. The number of rotatable bonds is 2. The van der Waals surface area contributed by atoms with E-state index in [1.54, 1.807) is 0 Å². The molecule has 0 rings (SSSR count). The van der Waals surface area contributed by atoms with Gasteiger partial charge >= 0.3 is 0 Å². The van der Waals surface area contributed by atoms with E-state index in [1.165, 1.54) is 13.0 Å². The van der Waals surface area contributed by atoms with Gasteiger partial charge in [-0.05, 0) is 27.1 Å². The molecule has 0 amide bonds. The Morgan fingerprint density at radius 1 is 1.25 bits per heavy atom. The Kier molecular flexibility index (Phi) is 17.1. The van der Waals surface area contributed by atoms with Crippen LogP contribution in [0.3, 0.4) is 0 Å². The lowest BCUT2D eigenvalue weighted by Gasteiger charge is -2.03. The maximum Gasteiger partial charge on any atom is 0 e. The van der Waals surface area contributed by atoms with Gasteiger partial charge in [0.05, 0.1) is 0 Å². The highest BCUT2D eigenvalue weighted by Gasteiger charge is 1.79. The molecule has 0 N–H and O–H groups in total. The summed E-state index contributed by atoms with van der Waals surface area (Å²) in [4.78, 5) is 2.18. The van der Waals surface area contributed by atoms with Crippen molar-refractivity contribution in [3.05, 3.63) is 0 Å². The van der Waals surface area contributed by atoms with Crippen LogP contribution in [0.1, 0.15) is 13.3 Å². The van der Waals surface area contributed by atoms with Gasteiger partial charge in [-0.25, -0.2) is 0 Å². The van der Waals surface area contributed by atoms with Crippen molar-refractivity contribution < 1.29 is 0 Å². The van der Waals surface area contributed by atoms with Crippen molar-refractivity contribution in [3.8, 4) is 0 Å². The molecule has 0 heterocycles. The first-order valence-electron chi connectivity index (χ1n) is 2.56. The van der Waals surface area contributed by atoms with Gasteiger partial charge in [0.15, 0.2) is 0 Å². The van der Waals surface area contributed by atoms with Gasteiger partial charge in [0.2, 0.25) is 0 Å². The molecule has 0 aliphatic carbocycles. The smallest absolute Gasteiger partial charge is 0 e. The van der Waals surface area contributed by atoms with Crippen LogP contribution < -0.4 is 0 Å². The standard InChI is InChI=1S/C5H13N.I2/c1-4-5-6(2)3;1-2/h4-5H2,1-3H3;. The monoisotopic (exact) mass is 341 g/mol. The highest BCUT2D eigenvalue weighted by Crippen LogP contribution is 1.89. The topological polar surface area (TPSA) is 3.24 Å². The van der Waals surface area contributed by atoms with Crippen LogP contribution >= 0.6 is 37.2 Å². The normalized spacial score (nSPS) is 8.25. The molecule has 1 nitrogen and oxygen atoms in total. The van der Waals surface area contributed by atoms with Crippen molar-refractivity contribution in [2.45, 2.75) is 13.3 Å². The van der Waals surface area contributed by atoms with Crippen molar-refractivity contribution in [1.29, 1.82) is 0 Å². The maximum absolute atomic E-state index is 2.18. The molecule has 8 heavy (non-hydrogen) atoms. The first kappa shape index (κ1) is 12.1. The zero-order valence-corrected chi connectivity index (χ0v) is 9.93. The summed E-state index contributed by atoms with van der Waals surface area (Å²) in [5.41, 5.74) is 0. The maximum atomic E-state index is 2.18. The lowest BCUT2D eigenvalue weighted by Crippen LogP contribution is -2.11. The van der Waals surface area contributed by atoms with E-state index in [0.717, 1.165) is 0 Å². The summed E-state index contributed by atoms with van der Waals surface area (Å²) in [6.45, 7) is 3.39. The largest absolute Gasteiger partial charge is 0.309 e. The molecule has 52 valence electrons. The fourth-order valence-corrected chi connectivity index (χ4v) is 0.447. The Morgan fingerprint density at radius 2 is 1.62 bits per heavy atom. The Bertz CT molecular complexity index is 31.6. The molecule has 0 aromatic rings. The number of halogens is 2. The van der Waals surface area contributed by atoms with E-state index >= 15 is 0 Å². The Balaban J connectivity index is 0. The molecule has 0 atom stereocenters. The minimum Gasteiger partial charge on any atom is -0.309 e. The summed E-state index contributed by atoms with van der Waals surface area (Å²) >= 11 is 4.24. The molecular formula is C5H13I2N. The average Bonchev–Trinajstić information content (AvgIpc) is 1.72. The SMILES string of the molecule is CCCN(C)C.II. The fourth-order valence-electron chi connectivity index (χ4n) is 0.447. The highest BCUT2D eigenvalue weighted by atomic mass is 128. The van der Waals surface area contributed by atoms with Crippen LogP contribution in [0.25, 0.3) is 0 Å². The van der Waals surface area contributed by atoms with Crippen LogP contribution in [0.4, 0.5) is 0 Å². The molecule has 0 fully saturated rings. The Labute approximate surface area is 75.5 Å². The molecular weight excluding hydrogens is 328 g/mol. The van der Waals surface area contributed by atoms with Crippen molar-refractivity contribution in [1.82, 2.24) is 4.90 Å². The molecule has 0 aliphatic heterocycles. The minimum atomic E-state index is 1.21. The molecule has 0 aromatic heterocycles. The number of nitrogens with zero attached hydrogens (tertiary/aromatic N) is 1. The van der Waals surface area contributed by atoms with Crippen LogP contribution in [0, 0.1) is 0 Å². The van der Waals surface area contributed by atoms with Crippen molar-refractivity contribution >= 4 is 37.2 Å². The van der Waals surface area contributed by atoms with Gasteiger partial charge in [0, 0.05) is 37.2 Å². The number of hydrogen-bond donors (Lipinski definition) is 0. The zero-order chi connectivity index (χ0) is 6.99. The lowest BCUT2D eigenvalue weighted by atomic mass is 10.5. The van der Waals surface area contributed by atoms with Gasteiger partial charge < -0.3 is 4.90 Å². The summed E-state index contributed by atoms with van der Waals surface area (Å²) in [7, 11) is 4.17. The van der Waals surface area contributed by atoms with E-state index in [1.807, 2.05) is 0 Å². The molecule has 0 bridgehead atoms. The van der Waals surface area contributed by atoms with E-state index < -0.39 is 0 Å². The zero-order valence-electron chi connectivity index (χ0n) is 5.62. The predicted molar refractivity (Wildman–Crippen MR) is 56.9 cm³/mol. The van der Waals surface area contributed by atoms with Crippen LogP contribution in [0.15, 0.2) is 0 Å². The molecule has 0 radical (unpaired) electrons. The molecule has 0 saturated heterocycles. The first-order valence-corrected chi connectivity index (χ1v) is 8.85. The summed E-state index contributed by atoms with van der Waals surface area (Å²) in [5, 5.41) is 0. The molecule has 0 spiro atoms. The summed E-state index contributed by atoms with van der Waals surface area (Å²) < 4.78 is 0. The molecule has 0 aliphatic rings. The van der Waals surface area contributed by atoms with Crippen LogP contribution in [-0.2, 0) is 0 Å². The third-order valence-corrected chi connectivity index (χ3v) is 0.671. The van der Waals surface area contributed by atoms with E-state index in [2.05, 4.69) is 63.2 Å². The first-order chi connectivity index (χ1) is 3.77. The second kappa shape index (κ2) is 11.2. The van der Waals surface area contributed by atoms with Crippen LogP contribution in [0.2, 0.25) is 0 Å². The fraction of sp³-hybridized carbons (Fsp3) is 1.00. The van der Waals surface area contributed by atoms with Crippen molar-refractivity contribution in [2.75, 3.05) is 20.6 Å². The van der Waals surface area contributed by atoms with Gasteiger partial charge in [-0.1, -0.05) is 6.92 Å². The lowest BCUT2D eigenvalue weighted by molar-refractivity contribution is 0.408. The molecule has 0 unspecified atom stereocenters. The Morgan fingerprint density at radius 3 is 1.62 bits per heavy atom. The van der Waals surface area contributed by atoms with Crippen molar-refractivity contribution in [2.24, 2.45) is 0 Å². The van der Waals surface area contributed by atoms with E-state index in [4.69, 9.17) is 0 Å². The summed E-state index contributed by atoms with van der Waals surface area (Å²) in [6.07, 6.45) is 1.26. The van der Waals surface area contributed by atoms with Crippen LogP contribution in [0.5, 0.6) is 0 Å². The van der Waals surface area contributed by atoms with Gasteiger partial charge in [-0.15, -0.1) is 0 Å². The second-order valence-corrected chi connectivity index (χ2v) is 1.80. The van der Waals surface area contributed by atoms with Crippen molar-refractivity contribution in [3.63, 3.8) is 0 Å². The van der Waals surface area contributed by atoms with E-state index in [0.29, 0.717) is 0 Å².